The minimum atomic E-state index is -0.250. The van der Waals surface area contributed by atoms with E-state index in [0.717, 1.165) is 25.9 Å². The molecule has 5 heteroatoms. The molecule has 18 heavy (non-hydrogen) atoms. The molecule has 0 aromatic rings. The van der Waals surface area contributed by atoms with Gasteiger partial charge in [0.05, 0.1) is 19.1 Å². The molecule has 1 fully saturated rings. The van der Waals surface area contributed by atoms with Crippen LogP contribution in [0.2, 0.25) is 0 Å². The Morgan fingerprint density at radius 3 is 2.39 bits per heavy atom. The van der Waals surface area contributed by atoms with Crippen LogP contribution in [-0.2, 0) is 14.3 Å². The molecule has 0 aliphatic carbocycles. The predicted molar refractivity (Wildman–Crippen MR) is 69.1 cm³/mol. The first-order chi connectivity index (χ1) is 8.56. The summed E-state index contributed by atoms with van der Waals surface area (Å²) in [6.45, 7) is 5.82. The number of carbonyl (C=O) groups is 2. The molecule has 104 valence electrons. The lowest BCUT2D eigenvalue weighted by atomic mass is 10.1. The fourth-order valence-electron chi connectivity index (χ4n) is 2.11. The number of likely N-dealkylation sites (tertiary alicyclic amines) is 1. The first-order valence-corrected chi connectivity index (χ1v) is 6.66. The molecule has 0 spiro atoms. The second-order valence-electron chi connectivity index (χ2n) is 4.94. The van der Waals surface area contributed by atoms with Crippen molar-refractivity contribution in [3.8, 4) is 0 Å². The predicted octanol–water partition coefficient (Wildman–Crippen LogP) is 0.786. The molecular weight excluding hydrogens is 232 g/mol. The molecule has 1 aliphatic rings. The van der Waals surface area contributed by atoms with Crippen molar-refractivity contribution in [3.05, 3.63) is 0 Å². The van der Waals surface area contributed by atoms with Gasteiger partial charge in [-0.25, -0.2) is 0 Å². The Bertz CT molecular complexity index is 288. The molecule has 0 bridgehead atoms. The topological polar surface area (TPSA) is 58.6 Å². The van der Waals surface area contributed by atoms with Gasteiger partial charge in [0.25, 0.3) is 0 Å². The molecule has 1 saturated heterocycles. The zero-order valence-electron chi connectivity index (χ0n) is 11.6. The Labute approximate surface area is 109 Å². The Hall–Kier alpha value is -1.10. The van der Waals surface area contributed by atoms with Crippen LogP contribution >= 0.6 is 0 Å². The normalized spacial score (nSPS) is 19.2. The zero-order valence-corrected chi connectivity index (χ0v) is 11.6. The highest BCUT2D eigenvalue weighted by atomic mass is 16.5. The Morgan fingerprint density at radius 1 is 1.22 bits per heavy atom. The van der Waals surface area contributed by atoms with E-state index in [1.165, 1.54) is 13.5 Å². The van der Waals surface area contributed by atoms with Gasteiger partial charge >= 0.3 is 5.97 Å². The lowest BCUT2D eigenvalue weighted by Gasteiger charge is -2.29. The van der Waals surface area contributed by atoms with E-state index in [1.54, 1.807) is 6.92 Å². The smallest absolute Gasteiger partial charge is 0.309 e. The molecular formula is C13H24N2O3. The van der Waals surface area contributed by atoms with Gasteiger partial charge in [-0.1, -0.05) is 6.92 Å². The van der Waals surface area contributed by atoms with Crippen LogP contribution in [0.3, 0.4) is 0 Å². The highest BCUT2D eigenvalue weighted by Gasteiger charge is 2.23. The van der Waals surface area contributed by atoms with Crippen LogP contribution in [0.15, 0.2) is 0 Å². The second kappa shape index (κ2) is 7.36. The monoisotopic (exact) mass is 256 g/mol. The van der Waals surface area contributed by atoms with Gasteiger partial charge in [-0.3, -0.25) is 9.59 Å². The molecule has 2 unspecified atom stereocenters. The van der Waals surface area contributed by atoms with Crippen LogP contribution in [0.25, 0.3) is 0 Å². The summed E-state index contributed by atoms with van der Waals surface area (Å²) in [4.78, 5) is 25.2. The standard InChI is InChI=1S/C13H24N2O3/c1-10(13(17)18-3)9-14-11(2)12(16)15-7-5-4-6-8-15/h10-11,14H,4-9H2,1-3H3. The third-order valence-electron chi connectivity index (χ3n) is 3.37. The molecule has 0 aromatic heterocycles. The van der Waals surface area contributed by atoms with E-state index in [0.29, 0.717) is 6.54 Å². The van der Waals surface area contributed by atoms with E-state index in [4.69, 9.17) is 0 Å². The Morgan fingerprint density at radius 2 is 1.83 bits per heavy atom. The number of nitrogens with zero attached hydrogens (tertiary/aromatic N) is 1. The number of rotatable bonds is 5. The summed E-state index contributed by atoms with van der Waals surface area (Å²) in [5.74, 6) is -0.349. The molecule has 2 atom stereocenters. The van der Waals surface area contributed by atoms with Gasteiger partial charge in [-0.2, -0.15) is 0 Å². The first kappa shape index (κ1) is 15.0. The van der Waals surface area contributed by atoms with E-state index in [1.807, 2.05) is 11.8 Å². The maximum atomic E-state index is 12.1. The summed E-state index contributed by atoms with van der Waals surface area (Å²) in [6.07, 6.45) is 3.40. The van der Waals surface area contributed by atoms with Crippen molar-refractivity contribution in [1.29, 1.82) is 0 Å². The van der Waals surface area contributed by atoms with E-state index in [9.17, 15) is 9.59 Å². The maximum absolute atomic E-state index is 12.1. The number of hydrogen-bond donors (Lipinski definition) is 1. The fraction of sp³-hybridized carbons (Fsp3) is 0.846. The van der Waals surface area contributed by atoms with E-state index < -0.39 is 0 Å². The molecule has 1 N–H and O–H groups in total. The van der Waals surface area contributed by atoms with Crippen molar-refractivity contribution in [3.63, 3.8) is 0 Å². The summed E-state index contributed by atoms with van der Waals surface area (Å²) in [7, 11) is 1.38. The van der Waals surface area contributed by atoms with Crippen LogP contribution in [0, 0.1) is 5.92 Å². The Balaban J connectivity index is 2.33. The van der Waals surface area contributed by atoms with Gasteiger partial charge in [0, 0.05) is 19.6 Å². The number of nitrogens with one attached hydrogen (secondary N) is 1. The largest absolute Gasteiger partial charge is 0.469 e. The minimum Gasteiger partial charge on any atom is -0.469 e. The summed E-state index contributed by atoms with van der Waals surface area (Å²) in [6, 6.07) is -0.241. The number of carbonyl (C=O) groups excluding carboxylic acids is 2. The van der Waals surface area contributed by atoms with Gasteiger partial charge in [0.2, 0.25) is 5.91 Å². The molecule has 0 saturated carbocycles. The van der Waals surface area contributed by atoms with E-state index >= 15 is 0 Å². The molecule has 1 rings (SSSR count). The average Bonchev–Trinajstić information content (AvgIpc) is 2.43. The van der Waals surface area contributed by atoms with Gasteiger partial charge in [-0.15, -0.1) is 0 Å². The minimum absolute atomic E-state index is 0.131. The van der Waals surface area contributed by atoms with Crippen molar-refractivity contribution in [2.75, 3.05) is 26.7 Å². The van der Waals surface area contributed by atoms with Crippen molar-refractivity contribution in [2.45, 2.75) is 39.2 Å². The number of amides is 1. The second-order valence-corrected chi connectivity index (χ2v) is 4.94. The lowest BCUT2D eigenvalue weighted by Crippen LogP contribution is -2.48. The van der Waals surface area contributed by atoms with Crippen LogP contribution < -0.4 is 5.32 Å². The van der Waals surface area contributed by atoms with Crippen molar-refractivity contribution >= 4 is 11.9 Å². The van der Waals surface area contributed by atoms with Crippen LogP contribution in [0.1, 0.15) is 33.1 Å². The summed E-state index contributed by atoms with van der Waals surface area (Å²) in [5, 5.41) is 3.10. The maximum Gasteiger partial charge on any atom is 0.309 e. The number of methoxy groups -OCH3 is 1. The van der Waals surface area contributed by atoms with Crippen LogP contribution in [0.5, 0.6) is 0 Å². The SMILES string of the molecule is COC(=O)C(C)CNC(C)C(=O)N1CCCCC1. The molecule has 1 heterocycles. The third-order valence-corrected chi connectivity index (χ3v) is 3.37. The molecule has 1 aliphatic heterocycles. The molecule has 0 radical (unpaired) electrons. The van der Waals surface area contributed by atoms with Crippen molar-refractivity contribution < 1.29 is 14.3 Å². The Kier molecular flexibility index (Phi) is 6.12. The fourth-order valence-corrected chi connectivity index (χ4v) is 2.11. The van der Waals surface area contributed by atoms with Gasteiger partial charge in [-0.05, 0) is 26.2 Å². The average molecular weight is 256 g/mol. The van der Waals surface area contributed by atoms with Gasteiger partial charge < -0.3 is 15.0 Å². The van der Waals surface area contributed by atoms with Crippen LogP contribution in [-0.4, -0.2) is 49.6 Å². The molecule has 1 amide bonds. The number of piperidine rings is 1. The quantitative estimate of drug-likeness (QED) is 0.739. The zero-order chi connectivity index (χ0) is 13.5. The summed E-state index contributed by atoms with van der Waals surface area (Å²) in [5.41, 5.74) is 0. The molecule has 0 aromatic carbocycles. The lowest BCUT2D eigenvalue weighted by molar-refractivity contribution is -0.145. The highest BCUT2D eigenvalue weighted by Crippen LogP contribution is 2.10. The van der Waals surface area contributed by atoms with Crippen molar-refractivity contribution in [2.24, 2.45) is 5.92 Å². The summed E-state index contributed by atoms with van der Waals surface area (Å²) >= 11 is 0. The van der Waals surface area contributed by atoms with Gasteiger partial charge in [0.15, 0.2) is 0 Å². The third kappa shape index (κ3) is 4.29. The number of hydrogen-bond acceptors (Lipinski definition) is 4. The van der Waals surface area contributed by atoms with Crippen LogP contribution in [0.4, 0.5) is 0 Å². The number of esters is 1. The highest BCUT2D eigenvalue weighted by molar-refractivity contribution is 5.81. The number of ether oxygens (including phenoxy) is 1. The van der Waals surface area contributed by atoms with Gasteiger partial charge in [0.1, 0.15) is 0 Å². The van der Waals surface area contributed by atoms with E-state index in [-0.39, 0.29) is 23.8 Å². The molecule has 5 nitrogen and oxygen atoms in total. The summed E-state index contributed by atoms with van der Waals surface area (Å²) < 4.78 is 4.65. The van der Waals surface area contributed by atoms with E-state index in [2.05, 4.69) is 10.1 Å². The van der Waals surface area contributed by atoms with Crippen molar-refractivity contribution in [1.82, 2.24) is 10.2 Å². The first-order valence-electron chi connectivity index (χ1n) is 6.66.